The van der Waals surface area contributed by atoms with Crippen LogP contribution in [0.15, 0.2) is 0 Å². The molecule has 1 aliphatic carbocycles. The highest BCUT2D eigenvalue weighted by Crippen LogP contribution is 2.38. The van der Waals surface area contributed by atoms with Crippen LogP contribution in [0.25, 0.3) is 0 Å². The molecular formula is C19H36O3. The Balaban J connectivity index is 2.61. The fourth-order valence-electron chi connectivity index (χ4n) is 3.66. The van der Waals surface area contributed by atoms with Crippen LogP contribution >= 0.6 is 0 Å². The van der Waals surface area contributed by atoms with Crippen LogP contribution in [-0.4, -0.2) is 19.4 Å². The van der Waals surface area contributed by atoms with Gasteiger partial charge >= 0.3 is 5.97 Å². The number of esters is 1. The van der Waals surface area contributed by atoms with E-state index in [1.807, 2.05) is 6.92 Å². The Morgan fingerprint density at radius 1 is 1.14 bits per heavy atom. The Morgan fingerprint density at radius 2 is 1.73 bits per heavy atom. The lowest BCUT2D eigenvalue weighted by atomic mass is 9.73. The van der Waals surface area contributed by atoms with Gasteiger partial charge in [0.2, 0.25) is 6.29 Å². The van der Waals surface area contributed by atoms with Crippen molar-refractivity contribution in [2.45, 2.75) is 92.3 Å². The molecule has 0 heterocycles. The maximum Gasteiger partial charge on any atom is 0.314 e. The third-order valence-electron chi connectivity index (χ3n) is 4.95. The molecule has 0 N–H and O–H groups in total. The lowest BCUT2D eigenvalue weighted by Gasteiger charge is -2.34. The van der Waals surface area contributed by atoms with Gasteiger partial charge in [-0.05, 0) is 31.1 Å². The van der Waals surface area contributed by atoms with E-state index in [1.165, 1.54) is 32.1 Å². The summed E-state index contributed by atoms with van der Waals surface area (Å²) < 4.78 is 11.2. The zero-order valence-corrected chi connectivity index (χ0v) is 15.5. The number of methoxy groups -OCH3 is 1. The van der Waals surface area contributed by atoms with Gasteiger partial charge in [0.1, 0.15) is 0 Å². The summed E-state index contributed by atoms with van der Waals surface area (Å²) in [4.78, 5) is 12.7. The van der Waals surface area contributed by atoms with Gasteiger partial charge in [-0.1, -0.05) is 59.8 Å². The van der Waals surface area contributed by atoms with E-state index in [0.29, 0.717) is 5.92 Å². The van der Waals surface area contributed by atoms with Gasteiger partial charge in [0, 0.05) is 13.5 Å². The van der Waals surface area contributed by atoms with E-state index in [1.54, 1.807) is 7.11 Å². The number of carbonyl (C=O) groups excluding carboxylic acids is 1. The van der Waals surface area contributed by atoms with E-state index in [4.69, 9.17) is 9.47 Å². The second-order valence-electron chi connectivity index (χ2n) is 8.46. The lowest BCUT2D eigenvalue weighted by Crippen LogP contribution is -2.37. The molecule has 0 saturated heterocycles. The summed E-state index contributed by atoms with van der Waals surface area (Å²) in [6, 6.07) is 0. The van der Waals surface area contributed by atoms with Crippen molar-refractivity contribution in [2.75, 3.05) is 7.11 Å². The third kappa shape index (κ3) is 6.28. The number of rotatable bonds is 7. The van der Waals surface area contributed by atoms with Crippen LogP contribution in [0.2, 0.25) is 0 Å². The predicted molar refractivity (Wildman–Crippen MR) is 90.6 cm³/mol. The summed E-state index contributed by atoms with van der Waals surface area (Å²) in [6.45, 7) is 10.6. The third-order valence-corrected chi connectivity index (χ3v) is 4.95. The molecule has 0 amide bonds. The van der Waals surface area contributed by atoms with Crippen LogP contribution in [0, 0.1) is 16.7 Å². The molecule has 0 aliphatic heterocycles. The molecule has 0 radical (unpaired) electrons. The Hall–Kier alpha value is -0.570. The van der Waals surface area contributed by atoms with E-state index in [0.717, 1.165) is 19.3 Å². The van der Waals surface area contributed by atoms with Gasteiger partial charge < -0.3 is 9.47 Å². The average Bonchev–Trinajstić information content (AvgIpc) is 2.45. The molecule has 0 bridgehead atoms. The molecule has 0 aromatic heterocycles. The molecular weight excluding hydrogens is 276 g/mol. The first kappa shape index (κ1) is 19.5. The first-order chi connectivity index (χ1) is 10.2. The summed E-state index contributed by atoms with van der Waals surface area (Å²) in [5.74, 6) is 0.537. The zero-order chi connectivity index (χ0) is 16.8. The Morgan fingerprint density at radius 3 is 2.18 bits per heavy atom. The minimum atomic E-state index is -0.429. The molecule has 1 aliphatic rings. The Kier molecular flexibility index (Phi) is 7.37. The highest BCUT2D eigenvalue weighted by Gasteiger charge is 2.38. The Labute approximate surface area is 137 Å². The Bertz CT molecular complexity index is 339. The first-order valence-electron chi connectivity index (χ1n) is 8.94. The first-order valence-corrected chi connectivity index (χ1v) is 8.94. The monoisotopic (exact) mass is 312 g/mol. The van der Waals surface area contributed by atoms with Crippen LogP contribution in [0.1, 0.15) is 86.0 Å². The molecule has 1 rings (SSSR count). The van der Waals surface area contributed by atoms with Crippen LogP contribution in [0.5, 0.6) is 0 Å². The minimum Gasteiger partial charge on any atom is -0.435 e. The van der Waals surface area contributed by atoms with Crippen molar-refractivity contribution in [1.29, 1.82) is 0 Å². The van der Waals surface area contributed by atoms with Crippen LogP contribution in [-0.2, 0) is 14.3 Å². The second-order valence-corrected chi connectivity index (χ2v) is 8.46. The zero-order valence-electron chi connectivity index (χ0n) is 15.5. The van der Waals surface area contributed by atoms with Gasteiger partial charge in [-0.25, -0.2) is 0 Å². The van der Waals surface area contributed by atoms with Crippen molar-refractivity contribution in [1.82, 2.24) is 0 Å². The normalized spacial score (nSPS) is 21.2. The van der Waals surface area contributed by atoms with Crippen molar-refractivity contribution in [3.8, 4) is 0 Å². The smallest absolute Gasteiger partial charge is 0.314 e. The summed E-state index contributed by atoms with van der Waals surface area (Å²) in [5.41, 5.74) is -0.322. The van der Waals surface area contributed by atoms with Crippen molar-refractivity contribution < 1.29 is 14.3 Å². The van der Waals surface area contributed by atoms with Crippen molar-refractivity contribution >= 4 is 5.97 Å². The summed E-state index contributed by atoms with van der Waals surface area (Å²) in [7, 11) is 1.65. The number of hydrogen-bond acceptors (Lipinski definition) is 3. The van der Waals surface area contributed by atoms with Gasteiger partial charge in [0.25, 0.3) is 0 Å². The van der Waals surface area contributed by atoms with Crippen LogP contribution < -0.4 is 0 Å². The largest absolute Gasteiger partial charge is 0.435 e. The molecule has 130 valence electrons. The maximum atomic E-state index is 12.7. The molecule has 2 unspecified atom stereocenters. The summed E-state index contributed by atoms with van der Waals surface area (Å²) >= 11 is 0. The van der Waals surface area contributed by atoms with E-state index < -0.39 is 5.41 Å². The van der Waals surface area contributed by atoms with Gasteiger partial charge in [-0.2, -0.15) is 0 Å². The lowest BCUT2D eigenvalue weighted by molar-refractivity contribution is -0.189. The summed E-state index contributed by atoms with van der Waals surface area (Å²) in [5, 5.41) is 0. The van der Waals surface area contributed by atoms with Gasteiger partial charge in [-0.3, -0.25) is 4.79 Å². The fraction of sp³-hybridized carbons (Fsp3) is 0.947. The van der Waals surface area contributed by atoms with E-state index in [-0.39, 0.29) is 17.7 Å². The van der Waals surface area contributed by atoms with Crippen molar-refractivity contribution in [2.24, 2.45) is 16.7 Å². The molecule has 22 heavy (non-hydrogen) atoms. The maximum absolute atomic E-state index is 12.7. The topological polar surface area (TPSA) is 35.5 Å². The van der Waals surface area contributed by atoms with E-state index in [9.17, 15) is 4.79 Å². The SMILES string of the molecule is CCC(C)(CC(C)(C)C)C(=O)OC(CC1CCCCC1)OC. The number of hydrogen-bond donors (Lipinski definition) is 0. The molecule has 1 fully saturated rings. The number of ether oxygens (including phenoxy) is 2. The van der Waals surface area contributed by atoms with Gasteiger partial charge in [0.15, 0.2) is 0 Å². The van der Waals surface area contributed by atoms with Crippen LogP contribution in [0.4, 0.5) is 0 Å². The predicted octanol–water partition coefficient (Wildman–Crippen LogP) is 5.33. The molecule has 3 heteroatoms. The van der Waals surface area contributed by atoms with Gasteiger partial charge in [-0.15, -0.1) is 0 Å². The highest BCUT2D eigenvalue weighted by atomic mass is 16.7. The molecule has 0 aromatic carbocycles. The standard InChI is InChI=1S/C19H36O3/c1-7-19(5,14-18(2,3)4)17(20)22-16(21-6)13-15-11-9-8-10-12-15/h15-16H,7-14H2,1-6H3. The quantitative estimate of drug-likeness (QED) is 0.471. The number of carbonyl (C=O) groups is 1. The molecule has 3 nitrogen and oxygen atoms in total. The molecule has 1 saturated carbocycles. The average molecular weight is 312 g/mol. The summed E-state index contributed by atoms with van der Waals surface area (Å²) in [6.07, 6.45) is 8.50. The van der Waals surface area contributed by atoms with E-state index >= 15 is 0 Å². The fourth-order valence-corrected chi connectivity index (χ4v) is 3.66. The van der Waals surface area contributed by atoms with Gasteiger partial charge in [0.05, 0.1) is 5.41 Å². The second kappa shape index (κ2) is 8.33. The molecule has 0 spiro atoms. The van der Waals surface area contributed by atoms with Crippen molar-refractivity contribution in [3.05, 3.63) is 0 Å². The van der Waals surface area contributed by atoms with Crippen LogP contribution in [0.3, 0.4) is 0 Å². The molecule has 0 aromatic rings. The highest BCUT2D eigenvalue weighted by molar-refractivity contribution is 5.76. The molecule has 2 atom stereocenters. The minimum absolute atomic E-state index is 0.104. The van der Waals surface area contributed by atoms with E-state index in [2.05, 4.69) is 27.7 Å². The van der Waals surface area contributed by atoms with Crippen molar-refractivity contribution in [3.63, 3.8) is 0 Å².